The number of esters is 1. The number of nitrogens with zero attached hydrogens (tertiary/aromatic N) is 1. The number of halogens is 1. The molecule has 1 N–H and O–H groups in total. The van der Waals surface area contributed by atoms with Crippen LogP contribution in [-0.2, 0) is 9.53 Å². The highest BCUT2D eigenvalue weighted by molar-refractivity contribution is 5.72. The van der Waals surface area contributed by atoms with Crippen molar-refractivity contribution in [1.82, 2.24) is 10.3 Å². The van der Waals surface area contributed by atoms with Gasteiger partial charge in [0.05, 0.1) is 18.4 Å². The highest BCUT2D eigenvalue weighted by Crippen LogP contribution is 2.10. The molecule has 0 aliphatic rings. The molecule has 0 saturated carbocycles. The van der Waals surface area contributed by atoms with Crippen molar-refractivity contribution in [3.63, 3.8) is 0 Å². The molecule has 1 atom stereocenters. The zero-order valence-corrected chi connectivity index (χ0v) is 11.2. The van der Waals surface area contributed by atoms with Crippen molar-refractivity contribution in [2.24, 2.45) is 0 Å². The Morgan fingerprint density at radius 1 is 1.50 bits per heavy atom. The maximum Gasteiger partial charge on any atom is 0.320 e. The van der Waals surface area contributed by atoms with E-state index in [0.717, 1.165) is 6.20 Å². The first-order chi connectivity index (χ1) is 8.28. The molecule has 0 aliphatic carbocycles. The quantitative estimate of drug-likeness (QED) is 0.837. The molecule has 1 rings (SSSR count). The SMILES string of the molecule is CC(NCC(=O)OC(C)(C)C)c1ccc(F)cn1. The summed E-state index contributed by atoms with van der Waals surface area (Å²) in [4.78, 5) is 15.4. The third-order valence-electron chi connectivity index (χ3n) is 2.17. The second kappa shape index (κ2) is 5.91. The summed E-state index contributed by atoms with van der Waals surface area (Å²) in [7, 11) is 0. The molecule has 1 unspecified atom stereocenters. The number of hydrogen-bond acceptors (Lipinski definition) is 4. The number of pyridine rings is 1. The van der Waals surface area contributed by atoms with Crippen LogP contribution in [0.1, 0.15) is 39.4 Å². The van der Waals surface area contributed by atoms with E-state index in [0.29, 0.717) is 5.69 Å². The van der Waals surface area contributed by atoms with Crippen molar-refractivity contribution in [1.29, 1.82) is 0 Å². The largest absolute Gasteiger partial charge is 0.459 e. The van der Waals surface area contributed by atoms with Gasteiger partial charge >= 0.3 is 5.97 Å². The molecule has 1 aromatic heterocycles. The summed E-state index contributed by atoms with van der Waals surface area (Å²) in [5.41, 5.74) is 0.191. The molecular weight excluding hydrogens is 235 g/mol. The molecule has 4 nitrogen and oxygen atoms in total. The Kier molecular flexibility index (Phi) is 4.78. The Bertz CT molecular complexity index is 398. The maximum atomic E-state index is 12.7. The molecule has 18 heavy (non-hydrogen) atoms. The zero-order valence-electron chi connectivity index (χ0n) is 11.2. The molecule has 1 heterocycles. The van der Waals surface area contributed by atoms with E-state index in [1.807, 2.05) is 27.7 Å². The maximum absolute atomic E-state index is 12.7. The molecule has 0 saturated heterocycles. The second-order valence-electron chi connectivity index (χ2n) is 5.09. The standard InChI is InChI=1S/C13H19FN2O2/c1-9(11-6-5-10(14)7-16-11)15-8-12(17)18-13(2,3)4/h5-7,9,15H,8H2,1-4H3. The van der Waals surface area contributed by atoms with Crippen LogP contribution in [0, 0.1) is 5.82 Å². The first kappa shape index (κ1) is 14.6. The van der Waals surface area contributed by atoms with E-state index in [4.69, 9.17) is 4.74 Å². The van der Waals surface area contributed by atoms with Crippen molar-refractivity contribution >= 4 is 5.97 Å². The number of nitrogens with one attached hydrogen (secondary N) is 1. The lowest BCUT2D eigenvalue weighted by molar-refractivity contribution is -0.153. The summed E-state index contributed by atoms with van der Waals surface area (Å²) in [5.74, 6) is -0.699. The number of carbonyl (C=O) groups excluding carboxylic acids is 1. The lowest BCUT2D eigenvalue weighted by atomic mass is 10.2. The van der Waals surface area contributed by atoms with Crippen LogP contribution in [0.25, 0.3) is 0 Å². The summed E-state index contributed by atoms with van der Waals surface area (Å²) in [5, 5.41) is 2.98. The van der Waals surface area contributed by atoms with Gasteiger partial charge in [-0.15, -0.1) is 0 Å². The van der Waals surface area contributed by atoms with Crippen LogP contribution < -0.4 is 5.32 Å². The van der Waals surface area contributed by atoms with E-state index in [9.17, 15) is 9.18 Å². The molecule has 0 aromatic carbocycles. The Hall–Kier alpha value is -1.49. The number of hydrogen-bond donors (Lipinski definition) is 1. The molecule has 100 valence electrons. The molecule has 0 spiro atoms. The van der Waals surface area contributed by atoms with Crippen LogP contribution in [0.2, 0.25) is 0 Å². The van der Waals surface area contributed by atoms with Gasteiger partial charge in [0, 0.05) is 6.04 Å². The normalized spacial score (nSPS) is 13.2. The summed E-state index contributed by atoms with van der Waals surface area (Å²) >= 11 is 0. The predicted molar refractivity (Wildman–Crippen MR) is 66.5 cm³/mol. The van der Waals surface area contributed by atoms with Gasteiger partial charge in [-0.05, 0) is 39.8 Å². The molecule has 1 aromatic rings. The Balaban J connectivity index is 2.44. The first-order valence-corrected chi connectivity index (χ1v) is 5.84. The van der Waals surface area contributed by atoms with Crippen LogP contribution in [0.4, 0.5) is 4.39 Å². The molecule has 0 fully saturated rings. The van der Waals surface area contributed by atoms with Gasteiger partial charge < -0.3 is 4.74 Å². The molecule has 0 radical (unpaired) electrons. The molecule has 0 amide bonds. The number of carbonyl (C=O) groups is 1. The third-order valence-corrected chi connectivity index (χ3v) is 2.17. The van der Waals surface area contributed by atoms with Crippen molar-refractivity contribution in [2.75, 3.05) is 6.54 Å². The molecule has 0 aliphatic heterocycles. The van der Waals surface area contributed by atoms with Crippen LogP contribution in [0.5, 0.6) is 0 Å². The summed E-state index contributed by atoms with van der Waals surface area (Å²) < 4.78 is 17.9. The van der Waals surface area contributed by atoms with E-state index in [2.05, 4.69) is 10.3 Å². The van der Waals surface area contributed by atoms with Crippen LogP contribution in [-0.4, -0.2) is 23.1 Å². The Morgan fingerprint density at radius 2 is 2.17 bits per heavy atom. The van der Waals surface area contributed by atoms with Crippen molar-refractivity contribution < 1.29 is 13.9 Å². The first-order valence-electron chi connectivity index (χ1n) is 5.84. The minimum atomic E-state index is -0.490. The second-order valence-corrected chi connectivity index (χ2v) is 5.09. The molecular formula is C13H19FN2O2. The van der Waals surface area contributed by atoms with Gasteiger partial charge in [-0.3, -0.25) is 15.1 Å². The Morgan fingerprint density at radius 3 is 2.67 bits per heavy atom. The van der Waals surface area contributed by atoms with E-state index < -0.39 is 5.60 Å². The fourth-order valence-electron chi connectivity index (χ4n) is 1.36. The van der Waals surface area contributed by atoms with E-state index in [1.165, 1.54) is 6.07 Å². The number of ether oxygens (including phenoxy) is 1. The Labute approximate surface area is 107 Å². The van der Waals surface area contributed by atoms with E-state index >= 15 is 0 Å². The average Bonchev–Trinajstić information content (AvgIpc) is 2.24. The highest BCUT2D eigenvalue weighted by Gasteiger charge is 2.17. The third kappa shape index (κ3) is 5.23. The van der Waals surface area contributed by atoms with Gasteiger partial charge in [-0.1, -0.05) is 0 Å². The van der Waals surface area contributed by atoms with Crippen molar-refractivity contribution in [3.8, 4) is 0 Å². The topological polar surface area (TPSA) is 51.2 Å². The van der Waals surface area contributed by atoms with Gasteiger partial charge in [-0.25, -0.2) is 4.39 Å². The van der Waals surface area contributed by atoms with E-state index in [1.54, 1.807) is 6.07 Å². The van der Waals surface area contributed by atoms with Crippen LogP contribution in [0.3, 0.4) is 0 Å². The monoisotopic (exact) mass is 254 g/mol. The smallest absolute Gasteiger partial charge is 0.320 e. The molecule has 0 bridgehead atoms. The number of rotatable bonds is 4. The summed E-state index contributed by atoms with van der Waals surface area (Å²) in [6, 6.07) is 2.79. The average molecular weight is 254 g/mol. The lowest BCUT2D eigenvalue weighted by Crippen LogP contribution is -2.32. The van der Waals surface area contributed by atoms with Gasteiger partial charge in [0.2, 0.25) is 0 Å². The van der Waals surface area contributed by atoms with Crippen LogP contribution in [0.15, 0.2) is 18.3 Å². The molecule has 5 heteroatoms. The summed E-state index contributed by atoms with van der Waals surface area (Å²) in [6.45, 7) is 7.39. The van der Waals surface area contributed by atoms with Gasteiger partial charge in [-0.2, -0.15) is 0 Å². The lowest BCUT2D eigenvalue weighted by Gasteiger charge is -2.20. The van der Waals surface area contributed by atoms with Crippen molar-refractivity contribution in [2.45, 2.75) is 39.3 Å². The van der Waals surface area contributed by atoms with Gasteiger partial charge in [0.15, 0.2) is 0 Å². The van der Waals surface area contributed by atoms with E-state index in [-0.39, 0.29) is 24.4 Å². The number of aromatic nitrogens is 1. The fraction of sp³-hybridized carbons (Fsp3) is 0.538. The highest BCUT2D eigenvalue weighted by atomic mass is 19.1. The van der Waals surface area contributed by atoms with Crippen LogP contribution >= 0.6 is 0 Å². The minimum absolute atomic E-state index is 0.0947. The fourth-order valence-corrected chi connectivity index (χ4v) is 1.36. The van der Waals surface area contributed by atoms with Gasteiger partial charge in [0.25, 0.3) is 0 Å². The summed E-state index contributed by atoms with van der Waals surface area (Å²) in [6.07, 6.45) is 1.15. The van der Waals surface area contributed by atoms with Gasteiger partial charge in [0.1, 0.15) is 11.4 Å². The van der Waals surface area contributed by atoms with Crippen molar-refractivity contribution in [3.05, 3.63) is 29.8 Å². The zero-order chi connectivity index (χ0) is 13.8. The predicted octanol–water partition coefficient (Wildman–Crippen LogP) is 2.21. The minimum Gasteiger partial charge on any atom is -0.459 e.